The lowest BCUT2D eigenvalue weighted by Gasteiger charge is -2.14. The van der Waals surface area contributed by atoms with Crippen molar-refractivity contribution < 1.29 is 9.90 Å². The number of carboxylic acid groups (broad SMARTS) is 1. The molecule has 0 aliphatic rings. The Bertz CT molecular complexity index is 361. The average Bonchev–Trinajstić information content (AvgIpc) is 2.15. The van der Waals surface area contributed by atoms with Crippen LogP contribution in [0.5, 0.6) is 0 Å². The fraction of sp³-hybridized carbons (Fsp3) is 0.462. The Morgan fingerprint density at radius 2 is 2.12 bits per heavy atom. The fourth-order valence-corrected chi connectivity index (χ4v) is 2.24. The highest BCUT2D eigenvalue weighted by atomic mass is 79.9. The number of carbonyl (C=O) groups is 1. The molecule has 0 aliphatic carbocycles. The molecule has 0 bridgehead atoms. The third kappa shape index (κ3) is 4.35. The molecule has 0 amide bonds. The minimum Gasteiger partial charge on any atom is -0.481 e. The van der Waals surface area contributed by atoms with Gasteiger partial charge >= 0.3 is 5.97 Å². The molecular weight excluding hydrogens is 268 g/mol. The Labute approximate surface area is 105 Å². The highest BCUT2D eigenvalue weighted by molar-refractivity contribution is 9.10. The van der Waals surface area contributed by atoms with Crippen molar-refractivity contribution in [1.29, 1.82) is 0 Å². The zero-order chi connectivity index (χ0) is 12.1. The van der Waals surface area contributed by atoms with E-state index in [4.69, 9.17) is 5.11 Å². The predicted octanol–water partition coefficient (Wildman–Crippen LogP) is 3.74. The summed E-state index contributed by atoms with van der Waals surface area (Å²) >= 11 is 3.39. The summed E-state index contributed by atoms with van der Waals surface area (Å²) in [5, 5.41) is 9.14. The van der Waals surface area contributed by atoms with Crippen molar-refractivity contribution in [3.8, 4) is 0 Å². The van der Waals surface area contributed by atoms with Crippen LogP contribution >= 0.6 is 15.9 Å². The third-order valence-electron chi connectivity index (χ3n) is 2.48. The van der Waals surface area contributed by atoms with Crippen molar-refractivity contribution >= 4 is 21.9 Å². The first-order valence-corrected chi connectivity index (χ1v) is 6.25. The van der Waals surface area contributed by atoms with Crippen LogP contribution in [0.15, 0.2) is 28.7 Å². The highest BCUT2D eigenvalue weighted by Crippen LogP contribution is 2.20. The van der Waals surface area contributed by atoms with Crippen LogP contribution in [0.4, 0.5) is 0 Å². The third-order valence-corrected chi connectivity index (χ3v) is 2.97. The minimum absolute atomic E-state index is 0.283. The zero-order valence-electron chi connectivity index (χ0n) is 9.61. The Hall–Kier alpha value is -0.830. The number of rotatable bonds is 5. The number of hydrogen-bond acceptors (Lipinski definition) is 1. The van der Waals surface area contributed by atoms with Crippen molar-refractivity contribution in [1.82, 2.24) is 0 Å². The average molecular weight is 285 g/mol. The van der Waals surface area contributed by atoms with Gasteiger partial charge in [-0.2, -0.15) is 0 Å². The first-order chi connectivity index (χ1) is 7.49. The van der Waals surface area contributed by atoms with E-state index < -0.39 is 5.97 Å². The molecule has 1 atom stereocenters. The topological polar surface area (TPSA) is 37.3 Å². The smallest absolute Gasteiger partial charge is 0.306 e. The summed E-state index contributed by atoms with van der Waals surface area (Å²) in [7, 11) is 0. The first kappa shape index (κ1) is 13.2. The lowest BCUT2D eigenvalue weighted by molar-refractivity contribution is -0.142. The van der Waals surface area contributed by atoms with Crippen molar-refractivity contribution in [3.05, 3.63) is 34.3 Å². The van der Waals surface area contributed by atoms with Gasteiger partial charge < -0.3 is 5.11 Å². The number of halogens is 1. The molecule has 16 heavy (non-hydrogen) atoms. The van der Waals surface area contributed by atoms with E-state index >= 15 is 0 Å². The Morgan fingerprint density at radius 1 is 1.44 bits per heavy atom. The molecule has 0 saturated carbocycles. The highest BCUT2D eigenvalue weighted by Gasteiger charge is 2.19. The van der Waals surface area contributed by atoms with E-state index in [1.165, 1.54) is 0 Å². The second-order valence-corrected chi connectivity index (χ2v) is 5.41. The van der Waals surface area contributed by atoms with Crippen LogP contribution in [0.3, 0.4) is 0 Å². The van der Waals surface area contributed by atoms with Crippen LogP contribution in [0.25, 0.3) is 0 Å². The summed E-state index contributed by atoms with van der Waals surface area (Å²) in [5.74, 6) is -0.573. The van der Waals surface area contributed by atoms with E-state index in [-0.39, 0.29) is 5.92 Å². The molecule has 3 heteroatoms. The number of carboxylic acids is 1. The fourth-order valence-electron chi connectivity index (χ4n) is 1.79. The monoisotopic (exact) mass is 284 g/mol. The summed E-state index contributed by atoms with van der Waals surface area (Å²) in [4.78, 5) is 11.1. The van der Waals surface area contributed by atoms with Crippen LogP contribution in [0.2, 0.25) is 0 Å². The van der Waals surface area contributed by atoms with Crippen molar-refractivity contribution in [2.24, 2.45) is 11.8 Å². The summed E-state index contributed by atoms with van der Waals surface area (Å²) in [6, 6.07) is 7.84. The maximum Gasteiger partial charge on any atom is 0.306 e. The normalized spacial score (nSPS) is 12.8. The second-order valence-electron chi connectivity index (χ2n) is 4.50. The lowest BCUT2D eigenvalue weighted by atomic mass is 9.91. The molecule has 0 unspecified atom stereocenters. The van der Waals surface area contributed by atoms with Gasteiger partial charge in [0, 0.05) is 4.47 Å². The van der Waals surface area contributed by atoms with Gasteiger partial charge in [-0.25, -0.2) is 0 Å². The van der Waals surface area contributed by atoms with Gasteiger partial charge in [-0.1, -0.05) is 41.9 Å². The molecule has 1 aromatic carbocycles. The molecule has 0 spiro atoms. The van der Waals surface area contributed by atoms with Crippen LogP contribution in [0.1, 0.15) is 25.8 Å². The standard InChI is InChI=1S/C13H17BrO2/c1-9(2)6-11(13(15)16)7-10-4-3-5-12(14)8-10/h3-5,8-9,11H,6-7H2,1-2H3,(H,15,16)/t11-/m1/s1. The maximum absolute atomic E-state index is 11.1. The van der Waals surface area contributed by atoms with E-state index in [0.29, 0.717) is 12.3 Å². The van der Waals surface area contributed by atoms with Gasteiger partial charge in [-0.05, 0) is 36.5 Å². The molecule has 0 aliphatic heterocycles. The van der Waals surface area contributed by atoms with Gasteiger partial charge in [0.1, 0.15) is 0 Å². The van der Waals surface area contributed by atoms with E-state index in [9.17, 15) is 4.79 Å². The van der Waals surface area contributed by atoms with E-state index in [0.717, 1.165) is 16.5 Å². The summed E-state index contributed by atoms with van der Waals surface area (Å²) in [6.45, 7) is 4.10. The molecule has 1 aromatic rings. The molecule has 0 aromatic heterocycles. The number of aliphatic carboxylic acids is 1. The van der Waals surface area contributed by atoms with E-state index in [1.807, 2.05) is 24.3 Å². The second kappa shape index (κ2) is 6.04. The summed E-state index contributed by atoms with van der Waals surface area (Å²) < 4.78 is 0.999. The molecule has 2 nitrogen and oxygen atoms in total. The molecule has 0 heterocycles. The first-order valence-electron chi connectivity index (χ1n) is 5.46. The lowest BCUT2D eigenvalue weighted by Crippen LogP contribution is -2.18. The molecule has 0 fully saturated rings. The van der Waals surface area contributed by atoms with E-state index in [1.54, 1.807) is 0 Å². The Kier molecular flexibility index (Phi) is 5.00. The molecule has 1 N–H and O–H groups in total. The largest absolute Gasteiger partial charge is 0.481 e. The molecule has 0 saturated heterocycles. The quantitative estimate of drug-likeness (QED) is 0.894. The van der Waals surface area contributed by atoms with Crippen molar-refractivity contribution in [3.63, 3.8) is 0 Å². The summed E-state index contributed by atoms with van der Waals surface area (Å²) in [6.07, 6.45) is 1.33. The van der Waals surface area contributed by atoms with Gasteiger partial charge in [-0.3, -0.25) is 4.79 Å². The Morgan fingerprint density at radius 3 is 2.62 bits per heavy atom. The van der Waals surface area contributed by atoms with Gasteiger partial charge in [0.25, 0.3) is 0 Å². The number of hydrogen-bond donors (Lipinski definition) is 1. The SMILES string of the molecule is CC(C)C[C@H](Cc1cccc(Br)c1)C(=O)O. The van der Waals surface area contributed by atoms with Crippen LogP contribution in [-0.2, 0) is 11.2 Å². The van der Waals surface area contributed by atoms with Crippen LogP contribution in [-0.4, -0.2) is 11.1 Å². The predicted molar refractivity (Wildman–Crippen MR) is 68.4 cm³/mol. The molecule has 88 valence electrons. The van der Waals surface area contributed by atoms with Gasteiger partial charge in [0.15, 0.2) is 0 Å². The van der Waals surface area contributed by atoms with Crippen LogP contribution in [0, 0.1) is 11.8 Å². The maximum atomic E-state index is 11.1. The minimum atomic E-state index is -0.700. The number of benzene rings is 1. The summed E-state index contributed by atoms with van der Waals surface area (Å²) in [5.41, 5.74) is 1.07. The van der Waals surface area contributed by atoms with Gasteiger partial charge in [0.2, 0.25) is 0 Å². The van der Waals surface area contributed by atoms with Crippen molar-refractivity contribution in [2.45, 2.75) is 26.7 Å². The van der Waals surface area contributed by atoms with Gasteiger partial charge in [0.05, 0.1) is 5.92 Å². The molecular formula is C13H17BrO2. The molecule has 1 rings (SSSR count). The van der Waals surface area contributed by atoms with Gasteiger partial charge in [-0.15, -0.1) is 0 Å². The van der Waals surface area contributed by atoms with Crippen molar-refractivity contribution in [2.75, 3.05) is 0 Å². The zero-order valence-corrected chi connectivity index (χ0v) is 11.2. The molecule has 0 radical (unpaired) electrons. The Balaban J connectivity index is 2.71. The van der Waals surface area contributed by atoms with Crippen LogP contribution < -0.4 is 0 Å². The van der Waals surface area contributed by atoms with E-state index in [2.05, 4.69) is 29.8 Å².